The number of carbonyl (C=O) groups is 1. The number of hydrogen-bond acceptors (Lipinski definition) is 5. The molecule has 5 nitrogen and oxygen atoms in total. The first-order chi connectivity index (χ1) is 7.81. The molecule has 3 N–H and O–H groups in total. The number of amides is 1. The van der Waals surface area contributed by atoms with Crippen molar-refractivity contribution in [2.24, 2.45) is 0 Å². The van der Waals surface area contributed by atoms with E-state index in [-0.39, 0.29) is 12.4 Å². The third-order valence-electron chi connectivity index (χ3n) is 1.72. The summed E-state index contributed by atoms with van der Waals surface area (Å²) < 4.78 is 5.03. The van der Waals surface area contributed by atoms with Crippen LogP contribution in [-0.4, -0.2) is 22.6 Å². The third-order valence-corrected chi connectivity index (χ3v) is 2.65. The first kappa shape index (κ1) is 13.7. The summed E-state index contributed by atoms with van der Waals surface area (Å²) in [6, 6.07) is 1.66. The lowest BCUT2D eigenvalue weighted by molar-refractivity contribution is 0.0563. The van der Waals surface area contributed by atoms with Crippen LogP contribution in [0.5, 0.6) is 0 Å². The molecule has 0 aliphatic rings. The van der Waals surface area contributed by atoms with Gasteiger partial charge < -0.3 is 9.84 Å². The van der Waals surface area contributed by atoms with Crippen LogP contribution in [0.15, 0.2) is 11.4 Å². The predicted molar refractivity (Wildman–Crippen MR) is 66.4 cm³/mol. The Morgan fingerprint density at radius 2 is 2.24 bits per heavy atom. The number of nitrogens with one attached hydrogen (secondary N) is 2. The van der Waals surface area contributed by atoms with E-state index in [0.717, 1.165) is 4.88 Å². The van der Waals surface area contributed by atoms with E-state index in [9.17, 15) is 4.79 Å². The molecule has 1 aromatic rings. The van der Waals surface area contributed by atoms with Crippen LogP contribution >= 0.6 is 11.3 Å². The fourth-order valence-electron chi connectivity index (χ4n) is 1.07. The third kappa shape index (κ3) is 4.54. The highest BCUT2D eigenvalue weighted by Gasteiger charge is 2.17. The van der Waals surface area contributed by atoms with Crippen molar-refractivity contribution in [3.8, 4) is 0 Å². The van der Waals surface area contributed by atoms with Gasteiger partial charge in [0.2, 0.25) is 0 Å². The van der Waals surface area contributed by atoms with Crippen LogP contribution in [0.3, 0.4) is 0 Å². The highest BCUT2D eigenvalue weighted by molar-refractivity contribution is 7.10. The van der Waals surface area contributed by atoms with Gasteiger partial charge in [-0.05, 0) is 26.8 Å². The Kier molecular flexibility index (Phi) is 4.25. The summed E-state index contributed by atoms with van der Waals surface area (Å²) in [6.07, 6.45) is -0.653. The second-order valence-corrected chi connectivity index (χ2v) is 5.46. The summed E-state index contributed by atoms with van der Waals surface area (Å²) in [4.78, 5) is 12.1. The minimum absolute atomic E-state index is 0.0322. The van der Waals surface area contributed by atoms with E-state index in [1.165, 1.54) is 11.3 Å². The molecule has 0 aromatic carbocycles. The molecule has 0 saturated carbocycles. The summed E-state index contributed by atoms with van der Waals surface area (Å²) in [6.45, 7) is 5.20. The lowest BCUT2D eigenvalue weighted by Gasteiger charge is -2.19. The molecule has 1 amide bonds. The number of amidine groups is 1. The molecule has 0 fully saturated rings. The molecule has 0 aliphatic heterocycles. The molecule has 1 heterocycles. The number of aliphatic hydroxyl groups is 1. The zero-order valence-corrected chi connectivity index (χ0v) is 10.9. The molecule has 1 rings (SSSR count). The molecule has 0 saturated heterocycles. The summed E-state index contributed by atoms with van der Waals surface area (Å²) >= 11 is 1.34. The van der Waals surface area contributed by atoms with Gasteiger partial charge in [0.15, 0.2) is 0 Å². The first-order valence-corrected chi connectivity index (χ1v) is 5.97. The van der Waals surface area contributed by atoms with E-state index < -0.39 is 11.7 Å². The highest BCUT2D eigenvalue weighted by atomic mass is 32.1. The van der Waals surface area contributed by atoms with E-state index >= 15 is 0 Å². The highest BCUT2D eigenvalue weighted by Crippen LogP contribution is 2.14. The smallest absolute Gasteiger partial charge is 0.413 e. The van der Waals surface area contributed by atoms with Gasteiger partial charge in [-0.15, -0.1) is 11.3 Å². The van der Waals surface area contributed by atoms with Crippen LogP contribution in [0.4, 0.5) is 4.79 Å². The lowest BCUT2D eigenvalue weighted by Crippen LogP contribution is -2.36. The molecule has 6 heteroatoms. The minimum atomic E-state index is -0.653. The Hall–Kier alpha value is -1.40. The van der Waals surface area contributed by atoms with Crippen molar-refractivity contribution in [1.82, 2.24) is 5.32 Å². The van der Waals surface area contributed by atoms with Crippen molar-refractivity contribution in [3.05, 3.63) is 21.9 Å². The Bertz CT molecular complexity index is 421. The number of alkyl carbamates (subject to hydrolysis) is 1. The maximum atomic E-state index is 11.4. The Morgan fingerprint density at radius 1 is 1.59 bits per heavy atom. The maximum Gasteiger partial charge on any atom is 0.413 e. The van der Waals surface area contributed by atoms with Gasteiger partial charge in [0.05, 0.1) is 6.61 Å². The van der Waals surface area contributed by atoms with E-state index in [1.54, 1.807) is 32.2 Å². The monoisotopic (exact) mass is 256 g/mol. The predicted octanol–water partition coefficient (Wildman–Crippen LogP) is 2.09. The molecule has 0 bridgehead atoms. The SMILES string of the molecule is CC(C)(C)OC(=O)NC(=N)c1csc(CO)c1. The molecule has 1 aromatic heterocycles. The number of aliphatic hydroxyl groups excluding tert-OH is 1. The summed E-state index contributed by atoms with van der Waals surface area (Å²) in [5.41, 5.74) is -0.0279. The molecule has 0 radical (unpaired) electrons. The topological polar surface area (TPSA) is 82.4 Å². The Morgan fingerprint density at radius 3 is 2.71 bits per heavy atom. The van der Waals surface area contributed by atoms with Crippen LogP contribution in [0.2, 0.25) is 0 Å². The van der Waals surface area contributed by atoms with Crippen LogP contribution in [0, 0.1) is 5.41 Å². The van der Waals surface area contributed by atoms with E-state index in [0.29, 0.717) is 5.56 Å². The number of hydrogen-bond donors (Lipinski definition) is 3. The van der Waals surface area contributed by atoms with Crippen molar-refractivity contribution < 1.29 is 14.6 Å². The lowest BCUT2D eigenvalue weighted by atomic mass is 10.2. The fourth-order valence-corrected chi connectivity index (χ4v) is 1.81. The largest absolute Gasteiger partial charge is 0.444 e. The number of rotatable bonds is 2. The van der Waals surface area contributed by atoms with Crippen molar-refractivity contribution in [2.75, 3.05) is 0 Å². The van der Waals surface area contributed by atoms with Crippen LogP contribution in [-0.2, 0) is 11.3 Å². The van der Waals surface area contributed by atoms with Gasteiger partial charge in [-0.25, -0.2) is 4.79 Å². The summed E-state index contributed by atoms with van der Waals surface area (Å²) in [5, 5.41) is 20.6. The minimum Gasteiger partial charge on any atom is -0.444 e. The molecule has 17 heavy (non-hydrogen) atoms. The molecule has 0 spiro atoms. The van der Waals surface area contributed by atoms with Gasteiger partial charge >= 0.3 is 6.09 Å². The Labute approximate surface area is 104 Å². The standard InChI is InChI=1S/C11H16N2O3S/c1-11(2,3)16-10(15)13-9(12)7-4-8(5-14)17-6-7/h4,6,14H,5H2,1-3H3,(H2,12,13,15). The van der Waals surface area contributed by atoms with Crippen molar-refractivity contribution in [3.63, 3.8) is 0 Å². The number of thiophene rings is 1. The number of ether oxygens (including phenoxy) is 1. The molecule has 0 aliphatic carbocycles. The van der Waals surface area contributed by atoms with Gasteiger partial charge in [-0.1, -0.05) is 0 Å². The molecule has 0 unspecified atom stereocenters. The average Bonchev–Trinajstić information content (AvgIpc) is 2.62. The van der Waals surface area contributed by atoms with Gasteiger partial charge in [0, 0.05) is 15.8 Å². The zero-order valence-electron chi connectivity index (χ0n) is 10.0. The van der Waals surface area contributed by atoms with Gasteiger partial charge in [0.25, 0.3) is 0 Å². The van der Waals surface area contributed by atoms with Crippen molar-refractivity contribution in [1.29, 1.82) is 5.41 Å². The van der Waals surface area contributed by atoms with Gasteiger partial charge in [-0.2, -0.15) is 0 Å². The number of carbonyl (C=O) groups excluding carboxylic acids is 1. The van der Waals surface area contributed by atoms with E-state index in [2.05, 4.69) is 5.32 Å². The molecule has 94 valence electrons. The van der Waals surface area contributed by atoms with Crippen molar-refractivity contribution >= 4 is 23.3 Å². The van der Waals surface area contributed by atoms with Crippen LogP contribution in [0.25, 0.3) is 0 Å². The Balaban J connectivity index is 2.57. The molecular formula is C11H16N2O3S. The second-order valence-electron chi connectivity index (χ2n) is 4.46. The zero-order chi connectivity index (χ0) is 13.1. The van der Waals surface area contributed by atoms with Crippen molar-refractivity contribution in [2.45, 2.75) is 33.0 Å². The van der Waals surface area contributed by atoms with Crippen LogP contribution in [0.1, 0.15) is 31.2 Å². The molecular weight excluding hydrogens is 240 g/mol. The van der Waals surface area contributed by atoms with Crippen LogP contribution < -0.4 is 5.32 Å². The normalized spacial score (nSPS) is 11.1. The fraction of sp³-hybridized carbons (Fsp3) is 0.455. The summed E-state index contributed by atoms with van der Waals surface area (Å²) in [7, 11) is 0. The average molecular weight is 256 g/mol. The van der Waals surface area contributed by atoms with Gasteiger partial charge in [0.1, 0.15) is 11.4 Å². The first-order valence-electron chi connectivity index (χ1n) is 5.09. The van der Waals surface area contributed by atoms with E-state index in [1.807, 2.05) is 0 Å². The maximum absolute atomic E-state index is 11.4. The second kappa shape index (κ2) is 5.29. The molecule has 0 atom stereocenters. The summed E-state index contributed by atoms with van der Waals surface area (Å²) in [5.74, 6) is -0.0322. The van der Waals surface area contributed by atoms with E-state index in [4.69, 9.17) is 15.3 Å². The van der Waals surface area contributed by atoms with Gasteiger partial charge in [-0.3, -0.25) is 10.7 Å². The quantitative estimate of drug-likeness (QED) is 0.559.